The predicted molar refractivity (Wildman–Crippen MR) is 67.1 cm³/mol. The van der Waals surface area contributed by atoms with Crippen LogP contribution in [0, 0.1) is 5.92 Å². The normalized spacial score (nSPS) is 34.2. The number of rotatable bonds is 2. The first kappa shape index (κ1) is 11.9. The van der Waals surface area contributed by atoms with Crippen LogP contribution in [0.4, 0.5) is 0 Å². The summed E-state index contributed by atoms with van der Waals surface area (Å²) in [7, 11) is 0. The lowest BCUT2D eigenvalue weighted by molar-refractivity contribution is -0.162. The molecule has 1 aliphatic carbocycles. The van der Waals surface area contributed by atoms with E-state index in [1.807, 2.05) is 0 Å². The zero-order chi connectivity index (χ0) is 11.6. The smallest absolute Gasteiger partial charge is 0.0854 e. The van der Waals surface area contributed by atoms with Gasteiger partial charge in [-0.25, -0.2) is 0 Å². The first-order chi connectivity index (χ1) is 8.36. The Balaban J connectivity index is 1.55. The van der Waals surface area contributed by atoms with Crippen molar-refractivity contribution in [1.29, 1.82) is 0 Å². The fourth-order valence-electron chi connectivity index (χ4n) is 3.69. The van der Waals surface area contributed by atoms with Crippen LogP contribution < -0.4 is 5.32 Å². The maximum Gasteiger partial charge on any atom is 0.0854 e. The van der Waals surface area contributed by atoms with Gasteiger partial charge in [0.25, 0.3) is 0 Å². The van der Waals surface area contributed by atoms with Crippen molar-refractivity contribution in [2.45, 2.75) is 56.7 Å². The highest BCUT2D eigenvalue weighted by Gasteiger charge is 2.39. The van der Waals surface area contributed by atoms with E-state index in [2.05, 4.69) is 5.32 Å². The molecular formula is C14H25NO2. The molecule has 2 saturated heterocycles. The summed E-state index contributed by atoms with van der Waals surface area (Å²) in [6, 6.07) is 0. The Morgan fingerprint density at radius 2 is 1.88 bits per heavy atom. The second kappa shape index (κ2) is 5.25. The maximum atomic E-state index is 6.43. The summed E-state index contributed by atoms with van der Waals surface area (Å²) in [5.74, 6) is 0.928. The van der Waals surface area contributed by atoms with E-state index in [1.54, 1.807) is 0 Å². The monoisotopic (exact) mass is 239 g/mol. The van der Waals surface area contributed by atoms with Crippen LogP contribution in [-0.2, 0) is 9.47 Å². The number of ether oxygens (including phenoxy) is 2. The first-order valence-corrected chi connectivity index (χ1v) is 7.33. The third-order valence-corrected chi connectivity index (χ3v) is 4.71. The summed E-state index contributed by atoms with van der Waals surface area (Å²) in [5, 5.41) is 3.59. The standard InChI is InChI=1S/C14H25NO2/c1-2-4-12(3-1)9-13-10-15-11-14(17-13)5-7-16-8-6-14/h12-13,15H,1-11H2. The molecule has 0 bridgehead atoms. The van der Waals surface area contributed by atoms with Gasteiger partial charge in [0.05, 0.1) is 11.7 Å². The first-order valence-electron chi connectivity index (χ1n) is 7.33. The van der Waals surface area contributed by atoms with Crippen LogP contribution in [0.15, 0.2) is 0 Å². The maximum absolute atomic E-state index is 6.43. The van der Waals surface area contributed by atoms with E-state index in [0.29, 0.717) is 6.10 Å². The molecule has 17 heavy (non-hydrogen) atoms. The lowest BCUT2D eigenvalue weighted by Crippen LogP contribution is -2.56. The molecule has 0 radical (unpaired) electrons. The molecule has 0 aromatic heterocycles. The molecule has 1 saturated carbocycles. The van der Waals surface area contributed by atoms with Gasteiger partial charge in [0.15, 0.2) is 0 Å². The highest BCUT2D eigenvalue weighted by atomic mass is 16.5. The van der Waals surface area contributed by atoms with Gasteiger partial charge >= 0.3 is 0 Å². The van der Waals surface area contributed by atoms with Crippen molar-refractivity contribution in [1.82, 2.24) is 5.32 Å². The van der Waals surface area contributed by atoms with E-state index in [0.717, 1.165) is 45.1 Å². The van der Waals surface area contributed by atoms with Gasteiger partial charge < -0.3 is 14.8 Å². The van der Waals surface area contributed by atoms with Crippen LogP contribution in [0.25, 0.3) is 0 Å². The third kappa shape index (κ3) is 2.83. The molecule has 2 aliphatic heterocycles. The van der Waals surface area contributed by atoms with Crippen molar-refractivity contribution >= 4 is 0 Å². The van der Waals surface area contributed by atoms with E-state index < -0.39 is 0 Å². The van der Waals surface area contributed by atoms with Crippen LogP contribution in [0.3, 0.4) is 0 Å². The summed E-state index contributed by atoms with van der Waals surface area (Å²) >= 11 is 0. The fourth-order valence-corrected chi connectivity index (χ4v) is 3.69. The number of morpholine rings is 1. The van der Waals surface area contributed by atoms with Gasteiger partial charge in [-0.1, -0.05) is 25.7 Å². The molecule has 3 rings (SSSR count). The van der Waals surface area contributed by atoms with E-state index in [-0.39, 0.29) is 5.60 Å². The zero-order valence-corrected chi connectivity index (χ0v) is 10.7. The molecule has 3 nitrogen and oxygen atoms in total. The quantitative estimate of drug-likeness (QED) is 0.800. The van der Waals surface area contributed by atoms with Crippen LogP contribution >= 0.6 is 0 Å². The molecule has 0 amide bonds. The molecule has 1 atom stereocenters. The molecular weight excluding hydrogens is 214 g/mol. The molecule has 0 aromatic rings. The van der Waals surface area contributed by atoms with Gasteiger partial charge in [0, 0.05) is 39.1 Å². The Morgan fingerprint density at radius 3 is 2.65 bits per heavy atom. The van der Waals surface area contributed by atoms with Gasteiger partial charge in [0.1, 0.15) is 0 Å². The predicted octanol–water partition coefficient (Wildman–Crippen LogP) is 2.10. The molecule has 3 heteroatoms. The fraction of sp³-hybridized carbons (Fsp3) is 1.00. The van der Waals surface area contributed by atoms with Crippen molar-refractivity contribution in [3.05, 3.63) is 0 Å². The Kier molecular flexibility index (Phi) is 3.69. The minimum absolute atomic E-state index is 0.0970. The lowest BCUT2D eigenvalue weighted by Gasteiger charge is -2.44. The lowest BCUT2D eigenvalue weighted by atomic mass is 9.90. The van der Waals surface area contributed by atoms with Crippen molar-refractivity contribution < 1.29 is 9.47 Å². The van der Waals surface area contributed by atoms with Gasteiger partial charge in [-0.05, 0) is 12.3 Å². The van der Waals surface area contributed by atoms with E-state index in [9.17, 15) is 0 Å². The molecule has 98 valence electrons. The zero-order valence-electron chi connectivity index (χ0n) is 10.7. The molecule has 3 aliphatic rings. The molecule has 1 N–H and O–H groups in total. The van der Waals surface area contributed by atoms with Crippen LogP contribution in [0.1, 0.15) is 44.9 Å². The molecule has 1 spiro atoms. The second-order valence-electron chi connectivity index (χ2n) is 6.05. The van der Waals surface area contributed by atoms with Crippen LogP contribution in [0.2, 0.25) is 0 Å². The summed E-state index contributed by atoms with van der Waals surface area (Å²) in [6.07, 6.45) is 9.59. The van der Waals surface area contributed by atoms with Crippen molar-refractivity contribution in [2.24, 2.45) is 5.92 Å². The van der Waals surface area contributed by atoms with Crippen LogP contribution in [-0.4, -0.2) is 38.0 Å². The van der Waals surface area contributed by atoms with Gasteiger partial charge in [-0.3, -0.25) is 0 Å². The van der Waals surface area contributed by atoms with E-state index >= 15 is 0 Å². The second-order valence-corrected chi connectivity index (χ2v) is 6.05. The van der Waals surface area contributed by atoms with Gasteiger partial charge in [-0.2, -0.15) is 0 Å². The topological polar surface area (TPSA) is 30.5 Å². The Hall–Kier alpha value is -0.120. The van der Waals surface area contributed by atoms with Gasteiger partial charge in [-0.15, -0.1) is 0 Å². The SMILES string of the molecule is C1CCC(CC2CNCC3(CCOCC3)O2)C1. The average Bonchev–Trinajstić information content (AvgIpc) is 2.83. The summed E-state index contributed by atoms with van der Waals surface area (Å²) < 4.78 is 11.9. The summed E-state index contributed by atoms with van der Waals surface area (Å²) in [6.45, 7) is 3.83. The van der Waals surface area contributed by atoms with Crippen molar-refractivity contribution in [2.75, 3.05) is 26.3 Å². The van der Waals surface area contributed by atoms with Crippen molar-refractivity contribution in [3.63, 3.8) is 0 Å². The molecule has 2 heterocycles. The minimum Gasteiger partial charge on any atom is -0.381 e. The molecule has 3 fully saturated rings. The molecule has 0 aromatic carbocycles. The Labute approximate surface area is 104 Å². The number of nitrogens with one attached hydrogen (secondary N) is 1. The highest BCUT2D eigenvalue weighted by Crippen LogP contribution is 2.34. The van der Waals surface area contributed by atoms with E-state index in [4.69, 9.17) is 9.47 Å². The van der Waals surface area contributed by atoms with Crippen molar-refractivity contribution in [3.8, 4) is 0 Å². The van der Waals surface area contributed by atoms with Gasteiger partial charge in [0.2, 0.25) is 0 Å². The number of hydrogen-bond donors (Lipinski definition) is 1. The highest BCUT2D eigenvalue weighted by molar-refractivity contribution is 4.91. The summed E-state index contributed by atoms with van der Waals surface area (Å²) in [5.41, 5.74) is 0.0970. The number of hydrogen-bond acceptors (Lipinski definition) is 3. The Morgan fingerprint density at radius 1 is 1.12 bits per heavy atom. The minimum atomic E-state index is 0.0970. The Bertz CT molecular complexity index is 239. The van der Waals surface area contributed by atoms with E-state index in [1.165, 1.54) is 32.1 Å². The summed E-state index contributed by atoms with van der Waals surface area (Å²) in [4.78, 5) is 0. The molecule has 1 unspecified atom stereocenters. The van der Waals surface area contributed by atoms with Crippen LogP contribution in [0.5, 0.6) is 0 Å². The third-order valence-electron chi connectivity index (χ3n) is 4.71. The average molecular weight is 239 g/mol. The largest absolute Gasteiger partial charge is 0.381 e.